The molecule has 0 saturated heterocycles. The quantitative estimate of drug-likeness (QED) is 0.743. The van der Waals surface area contributed by atoms with E-state index in [0.29, 0.717) is 12.6 Å². The van der Waals surface area contributed by atoms with Gasteiger partial charge in [0.15, 0.2) is 0 Å². The maximum Gasteiger partial charge on any atom is 0.236 e. The van der Waals surface area contributed by atoms with Crippen molar-refractivity contribution in [3.05, 3.63) is 0 Å². The third-order valence-corrected chi connectivity index (χ3v) is 3.55. The van der Waals surface area contributed by atoms with Crippen LogP contribution in [0, 0.1) is 5.92 Å². The maximum atomic E-state index is 11.7. The van der Waals surface area contributed by atoms with Gasteiger partial charge in [0.05, 0.1) is 6.54 Å². The van der Waals surface area contributed by atoms with Crippen LogP contribution in [0.4, 0.5) is 0 Å². The smallest absolute Gasteiger partial charge is 0.236 e. The van der Waals surface area contributed by atoms with Gasteiger partial charge in [-0.2, -0.15) is 0 Å². The summed E-state index contributed by atoms with van der Waals surface area (Å²) in [5.74, 6) is 1.05. The first kappa shape index (κ1) is 10.9. The fourth-order valence-electron chi connectivity index (χ4n) is 2.29. The lowest BCUT2D eigenvalue weighted by molar-refractivity contribution is -0.129. The van der Waals surface area contributed by atoms with Crippen LogP contribution in [-0.4, -0.2) is 37.0 Å². The highest BCUT2D eigenvalue weighted by Gasteiger charge is 2.25. The molecule has 86 valence electrons. The Balaban J connectivity index is 1.61. The van der Waals surface area contributed by atoms with Crippen LogP contribution in [0.2, 0.25) is 0 Å². The fraction of sp³-hybridized carbons (Fsp3) is 0.917. The maximum absolute atomic E-state index is 11.7. The van der Waals surface area contributed by atoms with Crippen molar-refractivity contribution in [2.75, 3.05) is 20.1 Å². The van der Waals surface area contributed by atoms with Crippen LogP contribution in [0.5, 0.6) is 0 Å². The van der Waals surface area contributed by atoms with Gasteiger partial charge in [-0.05, 0) is 31.6 Å². The van der Waals surface area contributed by atoms with E-state index in [1.165, 1.54) is 38.5 Å². The predicted octanol–water partition coefficient (Wildman–Crippen LogP) is 1.39. The predicted molar refractivity (Wildman–Crippen MR) is 60.6 cm³/mol. The van der Waals surface area contributed by atoms with Crippen LogP contribution in [0.1, 0.15) is 38.5 Å². The van der Waals surface area contributed by atoms with Crippen LogP contribution in [-0.2, 0) is 4.79 Å². The first-order valence-corrected chi connectivity index (χ1v) is 6.23. The second kappa shape index (κ2) is 4.97. The van der Waals surface area contributed by atoms with Crippen molar-refractivity contribution < 1.29 is 4.79 Å². The molecule has 0 aliphatic heterocycles. The molecule has 2 rings (SSSR count). The Bertz CT molecular complexity index is 220. The number of hydrogen-bond donors (Lipinski definition) is 1. The lowest BCUT2D eigenvalue weighted by atomic mass is 10.2. The molecule has 0 heterocycles. The Morgan fingerprint density at radius 1 is 1.27 bits per heavy atom. The SMILES string of the molecule is CN(CC1CC1)C(=O)CNC1CCCC1. The van der Waals surface area contributed by atoms with Gasteiger partial charge in [0, 0.05) is 19.6 Å². The first-order valence-electron chi connectivity index (χ1n) is 6.23. The van der Waals surface area contributed by atoms with E-state index < -0.39 is 0 Å². The van der Waals surface area contributed by atoms with Crippen molar-refractivity contribution in [2.24, 2.45) is 5.92 Å². The van der Waals surface area contributed by atoms with Gasteiger partial charge in [-0.3, -0.25) is 4.79 Å². The molecule has 1 N–H and O–H groups in total. The minimum absolute atomic E-state index is 0.258. The molecular weight excluding hydrogens is 188 g/mol. The fourth-order valence-corrected chi connectivity index (χ4v) is 2.29. The van der Waals surface area contributed by atoms with Crippen molar-refractivity contribution in [2.45, 2.75) is 44.6 Å². The van der Waals surface area contributed by atoms with E-state index in [9.17, 15) is 4.79 Å². The zero-order chi connectivity index (χ0) is 10.7. The Kier molecular flexibility index (Phi) is 3.62. The van der Waals surface area contributed by atoms with Gasteiger partial charge in [0.2, 0.25) is 5.91 Å². The van der Waals surface area contributed by atoms with E-state index in [1.807, 2.05) is 11.9 Å². The van der Waals surface area contributed by atoms with Gasteiger partial charge in [0.1, 0.15) is 0 Å². The van der Waals surface area contributed by atoms with Gasteiger partial charge < -0.3 is 10.2 Å². The molecule has 2 aliphatic rings. The molecule has 1 amide bonds. The summed E-state index contributed by atoms with van der Waals surface area (Å²) in [5, 5.41) is 3.36. The molecule has 2 saturated carbocycles. The molecule has 3 heteroatoms. The molecule has 0 bridgehead atoms. The van der Waals surface area contributed by atoms with Gasteiger partial charge in [-0.25, -0.2) is 0 Å². The molecule has 0 aromatic heterocycles. The van der Waals surface area contributed by atoms with Gasteiger partial charge >= 0.3 is 0 Å². The topological polar surface area (TPSA) is 32.3 Å². The summed E-state index contributed by atoms with van der Waals surface area (Å²) in [7, 11) is 1.93. The summed E-state index contributed by atoms with van der Waals surface area (Å²) in [6.07, 6.45) is 7.77. The normalized spacial score (nSPS) is 21.9. The molecule has 3 nitrogen and oxygen atoms in total. The Hall–Kier alpha value is -0.570. The van der Waals surface area contributed by atoms with Crippen LogP contribution >= 0.6 is 0 Å². The minimum Gasteiger partial charge on any atom is -0.344 e. The highest BCUT2D eigenvalue weighted by molar-refractivity contribution is 5.78. The van der Waals surface area contributed by atoms with Crippen LogP contribution in [0.3, 0.4) is 0 Å². The van der Waals surface area contributed by atoms with Crippen molar-refractivity contribution >= 4 is 5.91 Å². The molecule has 0 spiro atoms. The number of rotatable bonds is 5. The third-order valence-electron chi connectivity index (χ3n) is 3.55. The van der Waals surface area contributed by atoms with Crippen molar-refractivity contribution in [1.82, 2.24) is 10.2 Å². The molecule has 0 atom stereocenters. The van der Waals surface area contributed by atoms with Crippen molar-refractivity contribution in [1.29, 1.82) is 0 Å². The van der Waals surface area contributed by atoms with E-state index in [2.05, 4.69) is 5.32 Å². The number of amides is 1. The number of nitrogens with zero attached hydrogens (tertiary/aromatic N) is 1. The highest BCUT2D eigenvalue weighted by Crippen LogP contribution is 2.29. The summed E-state index contributed by atoms with van der Waals surface area (Å²) in [4.78, 5) is 13.6. The Morgan fingerprint density at radius 3 is 2.53 bits per heavy atom. The summed E-state index contributed by atoms with van der Waals surface area (Å²) < 4.78 is 0. The average Bonchev–Trinajstić information content (AvgIpc) is 2.88. The number of likely N-dealkylation sites (N-methyl/N-ethyl adjacent to an activating group) is 1. The van der Waals surface area contributed by atoms with E-state index in [1.54, 1.807) is 0 Å². The standard InChI is InChI=1S/C12H22N2O/c1-14(9-10-6-7-10)12(15)8-13-11-4-2-3-5-11/h10-11,13H,2-9H2,1H3. The minimum atomic E-state index is 0.258. The summed E-state index contributed by atoms with van der Waals surface area (Å²) in [5.41, 5.74) is 0. The van der Waals surface area contributed by atoms with Crippen molar-refractivity contribution in [3.63, 3.8) is 0 Å². The van der Waals surface area contributed by atoms with E-state index in [-0.39, 0.29) is 5.91 Å². The van der Waals surface area contributed by atoms with Gasteiger partial charge in [-0.1, -0.05) is 12.8 Å². The third kappa shape index (κ3) is 3.49. The molecule has 2 fully saturated rings. The van der Waals surface area contributed by atoms with E-state index in [4.69, 9.17) is 0 Å². The molecule has 0 unspecified atom stereocenters. The van der Waals surface area contributed by atoms with Crippen molar-refractivity contribution in [3.8, 4) is 0 Å². The Labute approximate surface area is 92.2 Å². The lowest BCUT2D eigenvalue weighted by Gasteiger charge is -2.18. The second-order valence-electron chi connectivity index (χ2n) is 5.08. The molecule has 15 heavy (non-hydrogen) atoms. The van der Waals surface area contributed by atoms with E-state index >= 15 is 0 Å². The second-order valence-corrected chi connectivity index (χ2v) is 5.08. The zero-order valence-corrected chi connectivity index (χ0v) is 9.67. The average molecular weight is 210 g/mol. The Morgan fingerprint density at radius 2 is 1.93 bits per heavy atom. The van der Waals surface area contributed by atoms with Gasteiger partial charge in [-0.15, -0.1) is 0 Å². The molecule has 0 radical (unpaired) electrons. The first-order chi connectivity index (χ1) is 7.25. The molecule has 0 aromatic carbocycles. The zero-order valence-electron chi connectivity index (χ0n) is 9.67. The van der Waals surface area contributed by atoms with E-state index in [0.717, 1.165) is 12.5 Å². The summed E-state index contributed by atoms with van der Waals surface area (Å²) in [6.45, 7) is 1.50. The highest BCUT2D eigenvalue weighted by atomic mass is 16.2. The monoisotopic (exact) mass is 210 g/mol. The number of nitrogens with one attached hydrogen (secondary N) is 1. The largest absolute Gasteiger partial charge is 0.344 e. The molecule has 0 aromatic rings. The molecular formula is C12H22N2O. The lowest BCUT2D eigenvalue weighted by Crippen LogP contribution is -2.39. The van der Waals surface area contributed by atoms with Gasteiger partial charge in [0.25, 0.3) is 0 Å². The van der Waals surface area contributed by atoms with Crippen LogP contribution < -0.4 is 5.32 Å². The molecule has 2 aliphatic carbocycles. The summed E-state index contributed by atoms with van der Waals surface area (Å²) >= 11 is 0. The number of carbonyl (C=O) groups is 1. The number of carbonyl (C=O) groups excluding carboxylic acids is 1. The number of hydrogen-bond acceptors (Lipinski definition) is 2. The summed E-state index contributed by atoms with van der Waals surface area (Å²) in [6, 6.07) is 0.600. The van der Waals surface area contributed by atoms with Crippen LogP contribution in [0.25, 0.3) is 0 Å². The van der Waals surface area contributed by atoms with Crippen LogP contribution in [0.15, 0.2) is 0 Å².